The van der Waals surface area contributed by atoms with E-state index < -0.39 is 0 Å². The number of imidazole rings is 1. The van der Waals surface area contributed by atoms with Crippen LogP contribution in [0.2, 0.25) is 0 Å². The molecule has 20 heavy (non-hydrogen) atoms. The summed E-state index contributed by atoms with van der Waals surface area (Å²) < 4.78 is 20.6. The first-order valence-corrected chi connectivity index (χ1v) is 6.51. The highest BCUT2D eigenvalue weighted by atomic mass is 19.1. The van der Waals surface area contributed by atoms with Crippen LogP contribution >= 0.6 is 0 Å². The molecule has 0 aliphatic carbocycles. The lowest BCUT2D eigenvalue weighted by Crippen LogP contribution is -2.35. The first kappa shape index (κ1) is 14.5. The van der Waals surface area contributed by atoms with E-state index in [1.165, 1.54) is 13.2 Å². The predicted octanol–water partition coefficient (Wildman–Crippen LogP) is 2.91. The van der Waals surface area contributed by atoms with Gasteiger partial charge >= 0.3 is 0 Å². The van der Waals surface area contributed by atoms with Crippen molar-refractivity contribution < 1.29 is 9.13 Å². The van der Waals surface area contributed by atoms with Crippen LogP contribution in [0.1, 0.15) is 26.5 Å². The second-order valence-electron chi connectivity index (χ2n) is 5.68. The Hall–Kier alpha value is -1.88. The van der Waals surface area contributed by atoms with E-state index in [2.05, 4.69) is 31.1 Å². The molecule has 0 saturated heterocycles. The third kappa shape index (κ3) is 3.36. The van der Waals surface area contributed by atoms with Gasteiger partial charge in [0, 0.05) is 30.0 Å². The highest BCUT2D eigenvalue weighted by molar-refractivity contribution is 5.39. The Kier molecular flexibility index (Phi) is 4.09. The van der Waals surface area contributed by atoms with Crippen molar-refractivity contribution in [3.63, 3.8) is 0 Å². The van der Waals surface area contributed by atoms with E-state index >= 15 is 0 Å². The summed E-state index contributed by atoms with van der Waals surface area (Å²) in [5.74, 6) is -0.142. The minimum atomic E-state index is -0.381. The molecule has 0 aliphatic heterocycles. The summed E-state index contributed by atoms with van der Waals surface area (Å²) in [6.07, 6.45) is 3.46. The number of nitrogens with zero attached hydrogens (tertiary/aromatic N) is 2. The number of hydrogen-bond donors (Lipinski definition) is 1. The highest BCUT2D eigenvalue weighted by Gasteiger charge is 2.12. The Morgan fingerprint density at radius 1 is 1.35 bits per heavy atom. The second kappa shape index (κ2) is 5.63. The molecule has 0 aliphatic rings. The first-order valence-electron chi connectivity index (χ1n) is 6.51. The van der Waals surface area contributed by atoms with Crippen LogP contribution in [-0.4, -0.2) is 22.2 Å². The van der Waals surface area contributed by atoms with Crippen molar-refractivity contribution in [3.05, 3.63) is 42.2 Å². The fourth-order valence-corrected chi connectivity index (χ4v) is 1.85. The number of aromatic nitrogens is 2. The Morgan fingerprint density at radius 3 is 2.70 bits per heavy atom. The Labute approximate surface area is 118 Å². The fraction of sp³-hybridized carbons (Fsp3) is 0.400. The molecule has 0 saturated carbocycles. The molecule has 1 aromatic carbocycles. The van der Waals surface area contributed by atoms with E-state index in [9.17, 15) is 4.39 Å². The van der Waals surface area contributed by atoms with Gasteiger partial charge in [0.2, 0.25) is 0 Å². The van der Waals surface area contributed by atoms with Crippen LogP contribution in [0.3, 0.4) is 0 Å². The van der Waals surface area contributed by atoms with Gasteiger partial charge in [0.25, 0.3) is 0 Å². The van der Waals surface area contributed by atoms with Gasteiger partial charge in [-0.05, 0) is 32.9 Å². The van der Waals surface area contributed by atoms with Crippen LogP contribution in [0.25, 0.3) is 5.69 Å². The summed E-state index contributed by atoms with van der Waals surface area (Å²) in [7, 11) is 1.45. The standard InChI is InChI=1S/C15H20FN3O/c1-15(2,3)18-9-12-8-17-10-19(12)11-5-6-14(20-4)13(16)7-11/h5-8,10,18H,9H2,1-4H3. The zero-order valence-electron chi connectivity index (χ0n) is 12.3. The molecule has 1 heterocycles. The molecule has 5 heteroatoms. The maximum absolute atomic E-state index is 13.8. The Bertz CT molecular complexity index is 587. The summed E-state index contributed by atoms with van der Waals surface area (Å²) in [5.41, 5.74) is 1.72. The highest BCUT2D eigenvalue weighted by Crippen LogP contribution is 2.21. The lowest BCUT2D eigenvalue weighted by Gasteiger charge is -2.21. The molecule has 108 valence electrons. The smallest absolute Gasteiger partial charge is 0.167 e. The fourth-order valence-electron chi connectivity index (χ4n) is 1.85. The molecule has 0 spiro atoms. The van der Waals surface area contributed by atoms with Crippen molar-refractivity contribution in [2.45, 2.75) is 32.9 Å². The number of methoxy groups -OCH3 is 1. The first-order chi connectivity index (χ1) is 9.40. The minimum absolute atomic E-state index is 0.0141. The van der Waals surface area contributed by atoms with Crippen LogP contribution < -0.4 is 10.1 Å². The number of nitrogens with one attached hydrogen (secondary N) is 1. The second-order valence-corrected chi connectivity index (χ2v) is 5.68. The number of halogens is 1. The monoisotopic (exact) mass is 277 g/mol. The lowest BCUT2D eigenvalue weighted by atomic mass is 10.1. The number of rotatable bonds is 4. The predicted molar refractivity (Wildman–Crippen MR) is 76.7 cm³/mol. The normalized spacial score (nSPS) is 11.7. The maximum Gasteiger partial charge on any atom is 0.167 e. The quantitative estimate of drug-likeness (QED) is 0.934. The van der Waals surface area contributed by atoms with Gasteiger partial charge in [-0.15, -0.1) is 0 Å². The van der Waals surface area contributed by atoms with E-state index in [1.54, 1.807) is 18.6 Å². The minimum Gasteiger partial charge on any atom is -0.494 e. The molecule has 4 nitrogen and oxygen atoms in total. The molecule has 0 unspecified atom stereocenters. The van der Waals surface area contributed by atoms with Gasteiger partial charge in [-0.2, -0.15) is 0 Å². The Balaban J connectivity index is 2.25. The number of ether oxygens (including phenoxy) is 1. The van der Waals surface area contributed by atoms with E-state index in [0.717, 1.165) is 11.4 Å². The molecule has 0 bridgehead atoms. The van der Waals surface area contributed by atoms with Crippen LogP contribution in [0, 0.1) is 5.82 Å². The average Bonchev–Trinajstić information content (AvgIpc) is 2.83. The van der Waals surface area contributed by atoms with Crippen molar-refractivity contribution in [1.29, 1.82) is 0 Å². The van der Waals surface area contributed by atoms with Crippen molar-refractivity contribution in [1.82, 2.24) is 14.9 Å². The van der Waals surface area contributed by atoms with Gasteiger partial charge in [-0.1, -0.05) is 0 Å². The van der Waals surface area contributed by atoms with Gasteiger partial charge in [-0.3, -0.25) is 0 Å². The van der Waals surface area contributed by atoms with Gasteiger partial charge in [0.05, 0.1) is 19.1 Å². The zero-order valence-corrected chi connectivity index (χ0v) is 12.3. The lowest BCUT2D eigenvalue weighted by molar-refractivity contribution is 0.386. The molecule has 2 aromatic rings. The van der Waals surface area contributed by atoms with Crippen molar-refractivity contribution >= 4 is 0 Å². The molecule has 0 amide bonds. The Morgan fingerprint density at radius 2 is 2.10 bits per heavy atom. The largest absolute Gasteiger partial charge is 0.494 e. The number of benzene rings is 1. The van der Waals surface area contributed by atoms with Gasteiger partial charge in [0.1, 0.15) is 0 Å². The maximum atomic E-state index is 13.8. The van der Waals surface area contributed by atoms with Gasteiger partial charge < -0.3 is 14.6 Å². The summed E-state index contributed by atoms with van der Waals surface area (Å²) in [5, 5.41) is 3.39. The molecular weight excluding hydrogens is 257 g/mol. The summed E-state index contributed by atoms with van der Waals surface area (Å²) in [6, 6.07) is 4.87. The topological polar surface area (TPSA) is 39.1 Å². The van der Waals surface area contributed by atoms with E-state index in [0.29, 0.717) is 6.54 Å². The van der Waals surface area contributed by atoms with Gasteiger partial charge in [0.15, 0.2) is 11.6 Å². The van der Waals surface area contributed by atoms with Crippen LogP contribution in [0.5, 0.6) is 5.75 Å². The van der Waals surface area contributed by atoms with E-state index in [4.69, 9.17) is 4.74 Å². The molecule has 0 atom stereocenters. The van der Waals surface area contributed by atoms with Crippen LogP contribution in [-0.2, 0) is 6.54 Å². The third-order valence-electron chi connectivity index (χ3n) is 2.93. The summed E-state index contributed by atoms with van der Waals surface area (Å²) in [6.45, 7) is 6.96. The zero-order chi connectivity index (χ0) is 14.8. The van der Waals surface area contributed by atoms with Crippen molar-refractivity contribution in [2.24, 2.45) is 0 Å². The van der Waals surface area contributed by atoms with Crippen LogP contribution in [0.4, 0.5) is 4.39 Å². The third-order valence-corrected chi connectivity index (χ3v) is 2.93. The van der Waals surface area contributed by atoms with Gasteiger partial charge in [-0.25, -0.2) is 9.37 Å². The SMILES string of the molecule is COc1ccc(-n2cncc2CNC(C)(C)C)cc1F. The van der Waals surface area contributed by atoms with Crippen molar-refractivity contribution in [3.8, 4) is 11.4 Å². The molecule has 1 aromatic heterocycles. The van der Waals surface area contributed by atoms with Crippen molar-refractivity contribution in [2.75, 3.05) is 7.11 Å². The van der Waals surface area contributed by atoms with Crippen LogP contribution in [0.15, 0.2) is 30.7 Å². The average molecular weight is 277 g/mol. The molecule has 0 fully saturated rings. The molecular formula is C15H20FN3O. The molecule has 2 rings (SSSR count). The van der Waals surface area contributed by atoms with E-state index in [1.807, 2.05) is 10.6 Å². The molecule has 1 N–H and O–H groups in total. The summed E-state index contributed by atoms with van der Waals surface area (Å²) in [4.78, 5) is 4.14. The number of hydrogen-bond acceptors (Lipinski definition) is 3. The molecule has 0 radical (unpaired) electrons. The van der Waals surface area contributed by atoms with E-state index in [-0.39, 0.29) is 17.1 Å². The summed E-state index contributed by atoms with van der Waals surface area (Å²) >= 11 is 0.